The summed E-state index contributed by atoms with van der Waals surface area (Å²) in [5.41, 5.74) is 1.23. The molecule has 1 rings (SSSR count). The minimum absolute atomic E-state index is 0.0414. The molecule has 1 amide bonds. The number of thioether (sulfide) groups is 1. The molecule has 0 spiro atoms. The van der Waals surface area contributed by atoms with Crippen molar-refractivity contribution in [1.82, 2.24) is 4.90 Å². The Hall–Kier alpha value is -1.04. The lowest BCUT2D eigenvalue weighted by Gasteiger charge is -2.20. The minimum atomic E-state index is -0.626. The molecule has 20 heavy (non-hydrogen) atoms. The number of aliphatic hydroxyl groups excluding tert-OH is 1. The normalized spacial score (nSPS) is 12.2. The Morgan fingerprint density at radius 2 is 2.05 bits per heavy atom. The maximum Gasteiger partial charge on any atom is 0.223 e. The van der Waals surface area contributed by atoms with E-state index >= 15 is 0 Å². The predicted octanol–water partition coefficient (Wildman–Crippen LogP) is 1.94. The fraction of sp³-hybridized carbons (Fsp3) is 0.533. The molecule has 1 unspecified atom stereocenters. The van der Waals surface area contributed by atoms with Gasteiger partial charge in [0, 0.05) is 37.8 Å². The van der Waals surface area contributed by atoms with Gasteiger partial charge in [-0.15, -0.1) is 11.8 Å². The zero-order chi connectivity index (χ0) is 15.0. The van der Waals surface area contributed by atoms with E-state index < -0.39 is 6.10 Å². The molecule has 1 aromatic carbocycles. The topological polar surface area (TPSA) is 49.8 Å². The zero-order valence-electron chi connectivity index (χ0n) is 12.3. The van der Waals surface area contributed by atoms with Crippen molar-refractivity contribution in [1.29, 1.82) is 0 Å². The first-order valence-electron chi connectivity index (χ1n) is 6.63. The van der Waals surface area contributed by atoms with Gasteiger partial charge in [0.15, 0.2) is 0 Å². The molecular formula is C15H23NO3S. The van der Waals surface area contributed by atoms with Crippen LogP contribution in [0.5, 0.6) is 0 Å². The molecule has 4 nitrogen and oxygen atoms in total. The molecule has 0 saturated carbocycles. The van der Waals surface area contributed by atoms with Crippen molar-refractivity contribution in [3.63, 3.8) is 0 Å². The molecule has 5 heteroatoms. The van der Waals surface area contributed by atoms with Crippen molar-refractivity contribution in [2.45, 2.75) is 24.3 Å². The van der Waals surface area contributed by atoms with Crippen molar-refractivity contribution in [2.24, 2.45) is 0 Å². The molecule has 0 bridgehead atoms. The fourth-order valence-electron chi connectivity index (χ4n) is 1.74. The van der Waals surface area contributed by atoms with Crippen molar-refractivity contribution >= 4 is 17.7 Å². The van der Waals surface area contributed by atoms with E-state index in [1.165, 1.54) is 17.6 Å². The first kappa shape index (κ1) is 17.0. The molecule has 0 fully saturated rings. The summed E-state index contributed by atoms with van der Waals surface area (Å²) in [6.45, 7) is 2.61. The van der Waals surface area contributed by atoms with Crippen LogP contribution in [-0.2, 0) is 9.53 Å². The van der Waals surface area contributed by atoms with Gasteiger partial charge in [0.05, 0.1) is 12.7 Å². The highest BCUT2D eigenvalue weighted by Gasteiger charge is 2.13. The van der Waals surface area contributed by atoms with E-state index in [1.54, 1.807) is 23.7 Å². The van der Waals surface area contributed by atoms with E-state index in [9.17, 15) is 9.90 Å². The molecule has 1 aromatic rings. The van der Waals surface area contributed by atoms with E-state index in [-0.39, 0.29) is 12.5 Å². The largest absolute Gasteiger partial charge is 0.389 e. The Labute approximate surface area is 125 Å². The van der Waals surface area contributed by atoms with Gasteiger partial charge in [0.25, 0.3) is 0 Å². The van der Waals surface area contributed by atoms with Gasteiger partial charge in [-0.25, -0.2) is 0 Å². The second-order valence-electron chi connectivity index (χ2n) is 4.79. The van der Waals surface area contributed by atoms with E-state index in [0.717, 1.165) is 5.75 Å². The summed E-state index contributed by atoms with van der Waals surface area (Å²) < 4.78 is 4.84. The minimum Gasteiger partial charge on any atom is -0.389 e. The molecule has 0 aliphatic rings. The number of nitrogens with zero attached hydrogens (tertiary/aromatic N) is 1. The van der Waals surface area contributed by atoms with Gasteiger partial charge < -0.3 is 14.7 Å². The second-order valence-corrected chi connectivity index (χ2v) is 5.96. The summed E-state index contributed by atoms with van der Waals surface area (Å²) in [4.78, 5) is 14.6. The van der Waals surface area contributed by atoms with Crippen molar-refractivity contribution in [3.8, 4) is 0 Å². The van der Waals surface area contributed by atoms with Crippen LogP contribution in [0.1, 0.15) is 12.0 Å². The molecular weight excluding hydrogens is 274 g/mol. The van der Waals surface area contributed by atoms with Crippen molar-refractivity contribution in [3.05, 3.63) is 29.8 Å². The third kappa shape index (κ3) is 6.41. The summed E-state index contributed by atoms with van der Waals surface area (Å²) >= 11 is 1.67. The number of aliphatic hydroxyl groups is 1. The number of carbonyl (C=O) groups is 1. The highest BCUT2D eigenvalue weighted by molar-refractivity contribution is 7.99. The van der Waals surface area contributed by atoms with Crippen LogP contribution in [0.2, 0.25) is 0 Å². The number of methoxy groups -OCH3 is 1. The number of likely N-dealkylation sites (N-methyl/N-ethyl adjacent to an activating group) is 1. The summed E-state index contributed by atoms with van der Waals surface area (Å²) in [6.07, 6.45) is -0.159. The quantitative estimate of drug-likeness (QED) is 0.745. The Balaban J connectivity index is 2.26. The third-order valence-electron chi connectivity index (χ3n) is 2.88. The molecule has 1 N–H and O–H groups in total. The number of hydrogen-bond donors (Lipinski definition) is 1. The van der Waals surface area contributed by atoms with Gasteiger partial charge in [-0.05, 0) is 19.1 Å². The number of rotatable bonds is 8. The van der Waals surface area contributed by atoms with E-state index in [2.05, 4.69) is 31.2 Å². The van der Waals surface area contributed by atoms with E-state index in [0.29, 0.717) is 13.0 Å². The van der Waals surface area contributed by atoms with Gasteiger partial charge in [-0.2, -0.15) is 0 Å². The number of amides is 1. The fourth-order valence-corrected chi connectivity index (χ4v) is 2.59. The van der Waals surface area contributed by atoms with Gasteiger partial charge >= 0.3 is 0 Å². The van der Waals surface area contributed by atoms with Crippen LogP contribution in [0.15, 0.2) is 29.2 Å². The number of hydrogen-bond acceptors (Lipinski definition) is 4. The zero-order valence-corrected chi connectivity index (χ0v) is 13.2. The van der Waals surface area contributed by atoms with Crippen LogP contribution >= 0.6 is 11.8 Å². The lowest BCUT2D eigenvalue weighted by atomic mass is 10.2. The maximum atomic E-state index is 11.9. The first-order chi connectivity index (χ1) is 9.52. The summed E-state index contributed by atoms with van der Waals surface area (Å²) in [5.74, 6) is 0.784. The molecule has 1 atom stereocenters. The average molecular weight is 297 g/mol. The second kappa shape index (κ2) is 9.00. The van der Waals surface area contributed by atoms with Gasteiger partial charge in [-0.3, -0.25) is 4.79 Å². The summed E-state index contributed by atoms with van der Waals surface area (Å²) in [5, 5.41) is 9.57. The Kier molecular flexibility index (Phi) is 7.65. The molecule has 0 aliphatic heterocycles. The molecule has 0 aliphatic carbocycles. The van der Waals surface area contributed by atoms with Gasteiger partial charge in [-0.1, -0.05) is 17.7 Å². The first-order valence-corrected chi connectivity index (χ1v) is 7.62. The van der Waals surface area contributed by atoms with Gasteiger partial charge in [0.2, 0.25) is 5.91 Å². The lowest BCUT2D eigenvalue weighted by molar-refractivity contribution is -0.131. The number of aryl methyl sites for hydroxylation is 1. The summed E-state index contributed by atoms with van der Waals surface area (Å²) in [7, 11) is 3.24. The molecule has 0 radical (unpaired) electrons. The lowest BCUT2D eigenvalue weighted by Crippen LogP contribution is -2.36. The van der Waals surface area contributed by atoms with E-state index in [1.807, 2.05) is 0 Å². The number of benzene rings is 1. The number of carbonyl (C=O) groups excluding carboxylic acids is 1. The van der Waals surface area contributed by atoms with E-state index in [4.69, 9.17) is 4.74 Å². The highest BCUT2D eigenvalue weighted by atomic mass is 32.2. The SMILES string of the molecule is COCC(O)CN(C)C(=O)CCSc1ccc(C)cc1. The number of ether oxygens (including phenoxy) is 1. The standard InChI is InChI=1S/C15H23NO3S/c1-12-4-6-14(7-5-12)20-9-8-15(18)16(2)10-13(17)11-19-3/h4-7,13,17H,8-11H2,1-3H3. The molecule has 0 saturated heterocycles. The molecule has 0 heterocycles. The predicted molar refractivity (Wildman–Crippen MR) is 82.0 cm³/mol. The maximum absolute atomic E-state index is 11.9. The Morgan fingerprint density at radius 1 is 1.40 bits per heavy atom. The third-order valence-corrected chi connectivity index (χ3v) is 3.89. The van der Waals surface area contributed by atoms with Crippen molar-refractivity contribution < 1.29 is 14.6 Å². The Morgan fingerprint density at radius 3 is 2.65 bits per heavy atom. The monoisotopic (exact) mass is 297 g/mol. The molecule has 112 valence electrons. The summed E-state index contributed by atoms with van der Waals surface area (Å²) in [6, 6.07) is 8.27. The highest BCUT2D eigenvalue weighted by Crippen LogP contribution is 2.19. The van der Waals surface area contributed by atoms with Crippen LogP contribution < -0.4 is 0 Å². The average Bonchev–Trinajstić information content (AvgIpc) is 2.41. The van der Waals surface area contributed by atoms with Crippen LogP contribution in [0.3, 0.4) is 0 Å². The smallest absolute Gasteiger partial charge is 0.223 e. The van der Waals surface area contributed by atoms with Crippen LogP contribution in [-0.4, -0.2) is 55.1 Å². The van der Waals surface area contributed by atoms with Crippen LogP contribution in [0.4, 0.5) is 0 Å². The Bertz CT molecular complexity index is 408. The van der Waals surface area contributed by atoms with Crippen LogP contribution in [0, 0.1) is 6.92 Å². The van der Waals surface area contributed by atoms with Gasteiger partial charge in [0.1, 0.15) is 0 Å². The van der Waals surface area contributed by atoms with Crippen LogP contribution in [0.25, 0.3) is 0 Å². The molecule has 0 aromatic heterocycles. The van der Waals surface area contributed by atoms with Crippen molar-refractivity contribution in [2.75, 3.05) is 33.1 Å².